The standard InChI is InChI=1S/C12H9N3S2/c1-17-12(16)11(7-10(8-13)9-14)15-5-3-2-4-6-15/h2-7H,1H3/p+1/b12-11+. The fourth-order valence-corrected chi connectivity index (χ4v) is 1.69. The van der Waals surface area contributed by atoms with E-state index >= 15 is 0 Å². The molecule has 0 spiro atoms. The Balaban J connectivity index is 3.33. The summed E-state index contributed by atoms with van der Waals surface area (Å²) in [5.74, 6) is 0. The molecule has 3 nitrogen and oxygen atoms in total. The van der Waals surface area contributed by atoms with Crippen LogP contribution in [0.2, 0.25) is 0 Å². The molecule has 5 heteroatoms. The smallest absolute Gasteiger partial charge is 0.192 e. The van der Waals surface area contributed by atoms with Crippen molar-refractivity contribution >= 4 is 30.1 Å². The van der Waals surface area contributed by atoms with Gasteiger partial charge in [-0.15, -0.1) is 24.4 Å². The molecule has 0 saturated heterocycles. The molecule has 1 heterocycles. The Morgan fingerprint density at radius 2 is 1.82 bits per heavy atom. The van der Waals surface area contributed by atoms with Crippen LogP contribution < -0.4 is 4.57 Å². The van der Waals surface area contributed by atoms with Crippen LogP contribution in [-0.2, 0) is 0 Å². The summed E-state index contributed by atoms with van der Waals surface area (Å²) in [6.07, 6.45) is 7.09. The summed E-state index contributed by atoms with van der Waals surface area (Å²) >= 11 is 5.80. The van der Waals surface area contributed by atoms with E-state index in [1.54, 1.807) is 0 Å². The van der Waals surface area contributed by atoms with Crippen molar-refractivity contribution in [3.63, 3.8) is 0 Å². The van der Waals surface area contributed by atoms with E-state index in [0.29, 0.717) is 5.70 Å². The second kappa shape index (κ2) is 6.80. The first-order valence-corrected chi connectivity index (χ1v) is 6.36. The molecule has 0 aliphatic carbocycles. The van der Waals surface area contributed by atoms with E-state index < -0.39 is 0 Å². The number of pyridine rings is 1. The van der Waals surface area contributed by atoms with Crippen LogP contribution in [-0.4, -0.2) is 6.26 Å². The van der Waals surface area contributed by atoms with Gasteiger partial charge in [-0.2, -0.15) is 15.1 Å². The van der Waals surface area contributed by atoms with Crippen LogP contribution >= 0.6 is 24.4 Å². The first-order chi connectivity index (χ1) is 8.22. The third kappa shape index (κ3) is 3.67. The summed E-state index contributed by atoms with van der Waals surface area (Å²) in [4.78, 5) is 0. The largest absolute Gasteiger partial charge is 0.232 e. The number of aromatic nitrogens is 1. The van der Waals surface area contributed by atoms with Crippen LogP contribution in [0.25, 0.3) is 5.70 Å². The molecule has 1 aromatic rings. The molecular formula is C12H10N3S2+. The molecule has 0 fully saturated rings. The van der Waals surface area contributed by atoms with Crippen LogP contribution in [0.15, 0.2) is 46.5 Å². The molecule has 0 aromatic carbocycles. The van der Waals surface area contributed by atoms with Gasteiger partial charge in [0, 0.05) is 18.2 Å². The van der Waals surface area contributed by atoms with Crippen LogP contribution in [0.5, 0.6) is 0 Å². The van der Waals surface area contributed by atoms with Gasteiger partial charge in [0.15, 0.2) is 12.4 Å². The van der Waals surface area contributed by atoms with Crippen molar-refractivity contribution in [2.45, 2.75) is 0 Å². The Bertz CT molecular complexity index is 517. The maximum Gasteiger partial charge on any atom is 0.232 e. The zero-order valence-electron chi connectivity index (χ0n) is 9.16. The third-order valence-electron chi connectivity index (χ3n) is 1.93. The molecule has 0 amide bonds. The second-order valence-corrected chi connectivity index (χ2v) is 4.53. The van der Waals surface area contributed by atoms with Crippen molar-refractivity contribution in [1.29, 1.82) is 10.5 Å². The van der Waals surface area contributed by atoms with E-state index in [4.69, 9.17) is 10.5 Å². The molecule has 0 atom stereocenters. The zero-order valence-corrected chi connectivity index (χ0v) is 10.9. The van der Waals surface area contributed by atoms with Gasteiger partial charge in [-0.3, -0.25) is 0 Å². The number of thioether (sulfide) groups is 1. The molecule has 0 bridgehead atoms. The molecule has 0 radical (unpaired) electrons. The SMILES string of the molecule is CS/C(S)=C(\C=C(C#N)C#N)[n+]1ccccc1. The molecule has 0 N–H and O–H groups in total. The summed E-state index contributed by atoms with van der Waals surface area (Å²) in [5.41, 5.74) is 0.761. The Morgan fingerprint density at radius 3 is 2.29 bits per heavy atom. The highest BCUT2D eigenvalue weighted by atomic mass is 32.2. The normalized spacial score (nSPS) is 10.8. The lowest BCUT2D eigenvalue weighted by Gasteiger charge is -1.99. The van der Waals surface area contributed by atoms with Crippen LogP contribution in [0, 0.1) is 22.7 Å². The van der Waals surface area contributed by atoms with Crippen molar-refractivity contribution in [2.24, 2.45) is 0 Å². The Labute approximate surface area is 110 Å². The number of nitriles is 2. The quantitative estimate of drug-likeness (QED) is 0.393. The average Bonchev–Trinajstić information content (AvgIpc) is 2.40. The van der Waals surface area contributed by atoms with Gasteiger partial charge in [-0.1, -0.05) is 6.07 Å². The fraction of sp³-hybridized carbons (Fsp3) is 0.0833. The lowest BCUT2D eigenvalue weighted by Crippen LogP contribution is -2.30. The number of nitrogens with zero attached hydrogens (tertiary/aromatic N) is 3. The average molecular weight is 260 g/mol. The van der Waals surface area contributed by atoms with Crippen molar-refractivity contribution in [3.8, 4) is 12.1 Å². The van der Waals surface area contributed by atoms with Gasteiger partial charge in [0.25, 0.3) is 0 Å². The molecule has 84 valence electrons. The number of hydrogen-bond acceptors (Lipinski definition) is 4. The van der Waals surface area contributed by atoms with Crippen molar-refractivity contribution < 1.29 is 4.57 Å². The third-order valence-corrected chi connectivity index (χ3v) is 3.30. The maximum atomic E-state index is 8.77. The Kier molecular flexibility index (Phi) is 5.35. The maximum absolute atomic E-state index is 8.77. The van der Waals surface area contributed by atoms with E-state index in [1.165, 1.54) is 17.8 Å². The van der Waals surface area contributed by atoms with Gasteiger partial charge < -0.3 is 0 Å². The predicted molar refractivity (Wildman–Crippen MR) is 71.7 cm³/mol. The van der Waals surface area contributed by atoms with Crippen molar-refractivity contribution in [1.82, 2.24) is 0 Å². The highest BCUT2D eigenvalue weighted by molar-refractivity contribution is 8.15. The van der Waals surface area contributed by atoms with Gasteiger partial charge in [0.05, 0.1) is 0 Å². The molecular weight excluding hydrogens is 250 g/mol. The number of thiol groups is 1. The van der Waals surface area contributed by atoms with Crippen molar-refractivity contribution in [3.05, 3.63) is 46.5 Å². The van der Waals surface area contributed by atoms with Crippen molar-refractivity contribution in [2.75, 3.05) is 6.26 Å². The van der Waals surface area contributed by atoms with Crippen LogP contribution in [0.3, 0.4) is 0 Å². The molecule has 0 saturated carbocycles. The topological polar surface area (TPSA) is 51.5 Å². The molecule has 1 aromatic heterocycles. The minimum Gasteiger partial charge on any atom is -0.192 e. The molecule has 0 unspecified atom stereocenters. The monoisotopic (exact) mass is 260 g/mol. The van der Waals surface area contributed by atoms with E-state index in [-0.39, 0.29) is 5.57 Å². The van der Waals surface area contributed by atoms with E-state index in [0.717, 1.165) is 4.24 Å². The minimum atomic E-state index is 0.0527. The van der Waals surface area contributed by atoms with Gasteiger partial charge in [0.2, 0.25) is 5.70 Å². The van der Waals surface area contributed by atoms with Gasteiger partial charge >= 0.3 is 0 Å². The number of allylic oxidation sites excluding steroid dienone is 3. The first kappa shape index (κ1) is 13.4. The second-order valence-electron chi connectivity index (χ2n) is 2.96. The number of rotatable bonds is 3. The Morgan fingerprint density at radius 1 is 1.24 bits per heavy atom. The zero-order chi connectivity index (χ0) is 12.7. The van der Waals surface area contributed by atoms with E-state index in [9.17, 15) is 0 Å². The predicted octanol–water partition coefficient (Wildman–Crippen LogP) is 2.37. The Hall–Kier alpha value is -1.69. The molecule has 0 aliphatic rings. The number of hydrogen-bond donors (Lipinski definition) is 1. The van der Waals surface area contributed by atoms with Gasteiger partial charge in [-0.05, 0) is 6.26 Å². The lowest BCUT2D eigenvalue weighted by molar-refractivity contribution is -0.578. The highest BCUT2D eigenvalue weighted by Gasteiger charge is 2.12. The van der Waals surface area contributed by atoms with Crippen LogP contribution in [0.1, 0.15) is 0 Å². The fourth-order valence-electron chi connectivity index (χ4n) is 1.14. The lowest BCUT2D eigenvalue weighted by atomic mass is 10.2. The summed E-state index contributed by atoms with van der Waals surface area (Å²) in [6.45, 7) is 0. The molecule has 17 heavy (non-hydrogen) atoms. The van der Waals surface area contributed by atoms with E-state index in [1.807, 2.05) is 53.6 Å². The molecule has 1 rings (SSSR count). The molecule has 0 aliphatic heterocycles. The van der Waals surface area contributed by atoms with Gasteiger partial charge in [0.1, 0.15) is 21.9 Å². The van der Waals surface area contributed by atoms with E-state index in [2.05, 4.69) is 12.6 Å². The minimum absolute atomic E-state index is 0.0527. The summed E-state index contributed by atoms with van der Waals surface area (Å²) in [7, 11) is 0. The van der Waals surface area contributed by atoms with Crippen LogP contribution in [0.4, 0.5) is 0 Å². The summed E-state index contributed by atoms with van der Waals surface area (Å²) < 4.78 is 2.55. The van der Waals surface area contributed by atoms with Gasteiger partial charge in [-0.25, -0.2) is 0 Å². The first-order valence-electron chi connectivity index (χ1n) is 4.68. The summed E-state index contributed by atoms with van der Waals surface area (Å²) in [6, 6.07) is 9.31. The highest BCUT2D eigenvalue weighted by Crippen LogP contribution is 2.22. The summed E-state index contributed by atoms with van der Waals surface area (Å²) in [5, 5.41) is 17.5.